The van der Waals surface area contributed by atoms with Gasteiger partial charge in [-0.1, -0.05) is 15.9 Å². The lowest BCUT2D eigenvalue weighted by atomic mass is 10.1. The van der Waals surface area contributed by atoms with E-state index < -0.39 is 6.04 Å². The summed E-state index contributed by atoms with van der Waals surface area (Å²) < 4.78 is 16.1. The van der Waals surface area contributed by atoms with E-state index in [0.717, 1.165) is 10.0 Å². The van der Waals surface area contributed by atoms with Gasteiger partial charge in [-0.15, -0.1) is 0 Å². The first-order chi connectivity index (χ1) is 9.44. The van der Waals surface area contributed by atoms with Gasteiger partial charge in [-0.3, -0.25) is 5.32 Å². The maximum absolute atomic E-state index is 12.0. The lowest BCUT2D eigenvalue weighted by Gasteiger charge is -2.21. The zero-order chi connectivity index (χ0) is 15.3. The number of halogens is 1. The molecule has 5 nitrogen and oxygen atoms in total. The second-order valence-electron chi connectivity index (χ2n) is 4.51. The number of carbonyl (C=O) groups is 1. The molecule has 0 saturated carbocycles. The van der Waals surface area contributed by atoms with Gasteiger partial charge in [0.2, 0.25) is 0 Å². The highest BCUT2D eigenvalue weighted by Gasteiger charge is 2.26. The van der Waals surface area contributed by atoms with Crippen LogP contribution in [0, 0.1) is 0 Å². The predicted octanol–water partition coefficient (Wildman–Crippen LogP) is 2.68. The summed E-state index contributed by atoms with van der Waals surface area (Å²) in [7, 11) is 4.48. The lowest BCUT2D eigenvalue weighted by Crippen LogP contribution is -2.34. The fraction of sp³-hybridized carbons (Fsp3) is 0.500. The Kier molecular flexibility index (Phi) is 6.29. The summed E-state index contributed by atoms with van der Waals surface area (Å²) in [5.41, 5.74) is 0.739. The summed E-state index contributed by atoms with van der Waals surface area (Å²) in [5.74, 6) is 0.799. The van der Waals surface area contributed by atoms with Crippen molar-refractivity contribution in [2.45, 2.75) is 25.9 Å². The number of methoxy groups -OCH3 is 3. The maximum Gasteiger partial charge on any atom is 0.327 e. The minimum absolute atomic E-state index is 0.124. The Morgan fingerprint density at radius 2 is 1.70 bits per heavy atom. The smallest absolute Gasteiger partial charge is 0.327 e. The van der Waals surface area contributed by atoms with Gasteiger partial charge in [0, 0.05) is 10.5 Å². The van der Waals surface area contributed by atoms with Crippen molar-refractivity contribution in [3.05, 3.63) is 22.2 Å². The highest BCUT2D eigenvalue weighted by molar-refractivity contribution is 9.10. The maximum atomic E-state index is 12.0. The molecule has 1 atom stereocenters. The molecule has 0 bridgehead atoms. The van der Waals surface area contributed by atoms with E-state index in [1.807, 2.05) is 13.8 Å². The Bertz CT molecular complexity index is 476. The molecule has 0 spiro atoms. The second kappa shape index (κ2) is 7.50. The van der Waals surface area contributed by atoms with E-state index in [4.69, 9.17) is 14.2 Å². The Hall–Kier alpha value is -1.27. The molecule has 0 saturated heterocycles. The van der Waals surface area contributed by atoms with E-state index in [2.05, 4.69) is 21.2 Å². The largest absolute Gasteiger partial charge is 0.493 e. The summed E-state index contributed by atoms with van der Waals surface area (Å²) in [6.45, 7) is 3.93. The van der Waals surface area contributed by atoms with Crippen LogP contribution < -0.4 is 14.8 Å². The highest BCUT2D eigenvalue weighted by Crippen LogP contribution is 2.36. The molecule has 0 fully saturated rings. The molecule has 1 rings (SSSR count). The monoisotopic (exact) mass is 345 g/mol. The highest BCUT2D eigenvalue weighted by atomic mass is 79.9. The van der Waals surface area contributed by atoms with Crippen molar-refractivity contribution in [2.75, 3.05) is 21.3 Å². The average molecular weight is 346 g/mol. The Morgan fingerprint density at radius 3 is 2.15 bits per heavy atom. The molecular formula is C14H20BrNO4. The van der Waals surface area contributed by atoms with Crippen LogP contribution in [-0.4, -0.2) is 33.3 Å². The minimum Gasteiger partial charge on any atom is -0.493 e. The first-order valence-electron chi connectivity index (χ1n) is 6.19. The van der Waals surface area contributed by atoms with E-state index in [1.54, 1.807) is 26.4 Å². The summed E-state index contributed by atoms with van der Waals surface area (Å²) >= 11 is 3.46. The van der Waals surface area contributed by atoms with Crippen molar-refractivity contribution < 1.29 is 19.0 Å². The van der Waals surface area contributed by atoms with Crippen molar-refractivity contribution >= 4 is 21.9 Å². The molecule has 20 heavy (non-hydrogen) atoms. The molecule has 1 aromatic rings. The molecule has 0 aliphatic carbocycles. The number of ether oxygens (including phenoxy) is 3. The SMILES string of the molecule is COC(=O)C(NC(C)C)c1cc(OC)c(OC)cc1Br. The molecule has 1 N–H and O–H groups in total. The summed E-state index contributed by atoms with van der Waals surface area (Å²) in [6.07, 6.45) is 0. The Balaban J connectivity index is 3.28. The van der Waals surface area contributed by atoms with E-state index >= 15 is 0 Å². The number of rotatable bonds is 6. The van der Waals surface area contributed by atoms with Crippen molar-refractivity contribution in [1.82, 2.24) is 5.32 Å². The predicted molar refractivity (Wildman–Crippen MR) is 80.3 cm³/mol. The van der Waals surface area contributed by atoms with Gasteiger partial charge >= 0.3 is 5.97 Å². The first kappa shape index (κ1) is 16.8. The summed E-state index contributed by atoms with van der Waals surface area (Å²) in [6, 6.07) is 3.08. The van der Waals surface area contributed by atoms with Crippen LogP contribution in [-0.2, 0) is 9.53 Å². The van der Waals surface area contributed by atoms with E-state index in [-0.39, 0.29) is 12.0 Å². The molecule has 0 aliphatic rings. The first-order valence-corrected chi connectivity index (χ1v) is 6.99. The van der Waals surface area contributed by atoms with Crippen LogP contribution in [0.15, 0.2) is 16.6 Å². The zero-order valence-corrected chi connectivity index (χ0v) is 13.9. The third-order valence-corrected chi connectivity index (χ3v) is 3.44. The number of carbonyl (C=O) groups excluding carboxylic acids is 1. The molecule has 0 aliphatic heterocycles. The third kappa shape index (κ3) is 3.86. The fourth-order valence-corrected chi connectivity index (χ4v) is 2.38. The zero-order valence-electron chi connectivity index (χ0n) is 12.3. The number of nitrogens with one attached hydrogen (secondary N) is 1. The van der Waals surface area contributed by atoms with Crippen LogP contribution in [0.1, 0.15) is 25.5 Å². The van der Waals surface area contributed by atoms with Gasteiger partial charge in [-0.25, -0.2) is 4.79 Å². The number of hydrogen-bond acceptors (Lipinski definition) is 5. The molecule has 0 amide bonds. The van der Waals surface area contributed by atoms with Crippen LogP contribution in [0.3, 0.4) is 0 Å². The van der Waals surface area contributed by atoms with Gasteiger partial charge < -0.3 is 14.2 Å². The van der Waals surface area contributed by atoms with Crippen LogP contribution in [0.2, 0.25) is 0 Å². The number of hydrogen-bond donors (Lipinski definition) is 1. The molecule has 0 heterocycles. The van der Waals surface area contributed by atoms with Gasteiger partial charge in [-0.05, 0) is 31.5 Å². The minimum atomic E-state index is -0.575. The quantitative estimate of drug-likeness (QED) is 0.803. The number of benzene rings is 1. The molecule has 1 unspecified atom stereocenters. The molecule has 0 radical (unpaired) electrons. The van der Waals surface area contributed by atoms with Gasteiger partial charge in [0.25, 0.3) is 0 Å². The van der Waals surface area contributed by atoms with Crippen molar-refractivity contribution in [3.63, 3.8) is 0 Å². The Labute approximate surface area is 127 Å². The van der Waals surface area contributed by atoms with Crippen molar-refractivity contribution in [3.8, 4) is 11.5 Å². The summed E-state index contributed by atoms with van der Waals surface area (Å²) in [4.78, 5) is 12.0. The fourth-order valence-electron chi connectivity index (χ4n) is 1.83. The van der Waals surface area contributed by atoms with Gasteiger partial charge in [0.05, 0.1) is 21.3 Å². The van der Waals surface area contributed by atoms with Crippen molar-refractivity contribution in [1.29, 1.82) is 0 Å². The molecule has 112 valence electrons. The Morgan fingerprint density at radius 1 is 1.15 bits per heavy atom. The van der Waals surface area contributed by atoms with Crippen LogP contribution in [0.5, 0.6) is 11.5 Å². The topological polar surface area (TPSA) is 56.8 Å². The molecule has 0 aromatic heterocycles. The van der Waals surface area contributed by atoms with E-state index in [1.165, 1.54) is 7.11 Å². The van der Waals surface area contributed by atoms with Crippen molar-refractivity contribution in [2.24, 2.45) is 0 Å². The van der Waals surface area contributed by atoms with E-state index in [9.17, 15) is 4.79 Å². The average Bonchev–Trinajstić information content (AvgIpc) is 2.43. The number of esters is 1. The van der Waals surface area contributed by atoms with Gasteiger partial charge in [-0.2, -0.15) is 0 Å². The standard InChI is InChI=1S/C14H20BrNO4/c1-8(2)16-13(14(17)20-5)9-6-11(18-3)12(19-4)7-10(9)15/h6-8,13,16H,1-5H3. The molecule has 6 heteroatoms. The van der Waals surface area contributed by atoms with Crippen LogP contribution in [0.4, 0.5) is 0 Å². The summed E-state index contributed by atoms with van der Waals surface area (Å²) in [5, 5.41) is 3.18. The normalized spacial score (nSPS) is 12.2. The molecule has 1 aromatic carbocycles. The van der Waals surface area contributed by atoms with Crippen LogP contribution in [0.25, 0.3) is 0 Å². The second-order valence-corrected chi connectivity index (χ2v) is 5.36. The molecular weight excluding hydrogens is 326 g/mol. The lowest BCUT2D eigenvalue weighted by molar-refractivity contribution is -0.143. The van der Waals surface area contributed by atoms with Gasteiger partial charge in [0.15, 0.2) is 11.5 Å². The van der Waals surface area contributed by atoms with E-state index in [0.29, 0.717) is 11.5 Å². The third-order valence-electron chi connectivity index (χ3n) is 2.75. The van der Waals surface area contributed by atoms with Crippen LogP contribution >= 0.6 is 15.9 Å². The van der Waals surface area contributed by atoms with Gasteiger partial charge in [0.1, 0.15) is 6.04 Å².